The molecule has 0 amide bonds. The van der Waals surface area contributed by atoms with E-state index in [0.717, 1.165) is 24.5 Å². The van der Waals surface area contributed by atoms with E-state index in [-0.39, 0.29) is 0 Å². The van der Waals surface area contributed by atoms with Crippen LogP contribution in [-0.2, 0) is 0 Å². The molecular weight excluding hydrogens is 184 g/mol. The van der Waals surface area contributed by atoms with Crippen molar-refractivity contribution in [3.05, 3.63) is 0 Å². The van der Waals surface area contributed by atoms with Gasteiger partial charge in [-0.1, -0.05) is 20.3 Å². The summed E-state index contributed by atoms with van der Waals surface area (Å²) < 4.78 is 0. The fraction of sp³-hybridized carbons (Fsp3) is 1.00. The Morgan fingerprint density at radius 1 is 1.40 bits per heavy atom. The van der Waals surface area contributed by atoms with Gasteiger partial charge in [0.2, 0.25) is 0 Å². The van der Waals surface area contributed by atoms with Gasteiger partial charge in [0.05, 0.1) is 0 Å². The Bertz CT molecular complexity index is 164. The first kappa shape index (κ1) is 13.0. The number of nitrogens with one attached hydrogen (secondary N) is 1. The van der Waals surface area contributed by atoms with Crippen molar-refractivity contribution in [2.75, 3.05) is 20.1 Å². The maximum atomic E-state index is 3.34. The fourth-order valence-electron chi connectivity index (χ4n) is 2.92. The van der Waals surface area contributed by atoms with Crippen LogP contribution in [0, 0.1) is 5.92 Å². The summed E-state index contributed by atoms with van der Waals surface area (Å²) in [6.07, 6.45) is 5.39. The fourth-order valence-corrected chi connectivity index (χ4v) is 2.92. The number of hydrogen-bond donors (Lipinski definition) is 1. The third-order valence-corrected chi connectivity index (χ3v) is 3.72. The minimum atomic E-state index is 0.752. The number of rotatable bonds is 5. The summed E-state index contributed by atoms with van der Waals surface area (Å²) in [6.45, 7) is 9.52. The minimum absolute atomic E-state index is 0.752. The zero-order valence-electron chi connectivity index (χ0n) is 10.9. The van der Waals surface area contributed by atoms with Crippen molar-refractivity contribution in [2.24, 2.45) is 5.92 Å². The molecule has 0 aromatic heterocycles. The van der Waals surface area contributed by atoms with E-state index in [1.165, 1.54) is 32.2 Å². The minimum Gasteiger partial charge on any atom is -0.318 e. The number of nitrogens with zero attached hydrogens (tertiary/aromatic N) is 1. The van der Waals surface area contributed by atoms with E-state index in [9.17, 15) is 0 Å². The predicted octanol–water partition coefficient (Wildman–Crippen LogP) is 2.49. The van der Waals surface area contributed by atoms with Gasteiger partial charge in [-0.3, -0.25) is 4.90 Å². The largest absolute Gasteiger partial charge is 0.318 e. The highest BCUT2D eigenvalue weighted by atomic mass is 15.2. The van der Waals surface area contributed by atoms with Crippen LogP contribution in [0.4, 0.5) is 0 Å². The van der Waals surface area contributed by atoms with E-state index in [2.05, 4.69) is 38.0 Å². The second-order valence-corrected chi connectivity index (χ2v) is 5.22. The van der Waals surface area contributed by atoms with E-state index in [4.69, 9.17) is 0 Å². The Morgan fingerprint density at radius 2 is 2.13 bits per heavy atom. The highest BCUT2D eigenvalue weighted by Gasteiger charge is 2.27. The van der Waals surface area contributed by atoms with Gasteiger partial charge in [0.1, 0.15) is 0 Å². The Labute approximate surface area is 95.4 Å². The number of hydrogen-bond acceptors (Lipinski definition) is 2. The normalized spacial score (nSPS) is 30.4. The Kier molecular flexibility index (Phi) is 5.62. The van der Waals surface area contributed by atoms with Gasteiger partial charge < -0.3 is 5.32 Å². The summed E-state index contributed by atoms with van der Waals surface area (Å²) in [5.41, 5.74) is 0. The monoisotopic (exact) mass is 212 g/mol. The van der Waals surface area contributed by atoms with Crippen molar-refractivity contribution in [2.45, 2.75) is 58.5 Å². The molecule has 1 saturated heterocycles. The summed E-state index contributed by atoms with van der Waals surface area (Å²) in [4.78, 5) is 2.72. The lowest BCUT2D eigenvalue weighted by Gasteiger charge is -2.42. The molecule has 0 aromatic carbocycles. The van der Waals surface area contributed by atoms with E-state index in [0.29, 0.717) is 0 Å². The molecule has 0 aliphatic carbocycles. The summed E-state index contributed by atoms with van der Waals surface area (Å²) >= 11 is 0. The van der Waals surface area contributed by atoms with Gasteiger partial charge in [-0.2, -0.15) is 0 Å². The first-order chi connectivity index (χ1) is 7.19. The van der Waals surface area contributed by atoms with Crippen molar-refractivity contribution >= 4 is 0 Å². The van der Waals surface area contributed by atoms with Gasteiger partial charge in [0.15, 0.2) is 0 Å². The molecule has 0 bridgehead atoms. The topological polar surface area (TPSA) is 15.3 Å². The van der Waals surface area contributed by atoms with Crippen molar-refractivity contribution in [1.82, 2.24) is 10.2 Å². The molecule has 0 aromatic rings. The molecule has 0 spiro atoms. The zero-order chi connectivity index (χ0) is 11.3. The van der Waals surface area contributed by atoms with Crippen LogP contribution < -0.4 is 5.32 Å². The molecule has 90 valence electrons. The third kappa shape index (κ3) is 3.76. The lowest BCUT2D eigenvalue weighted by atomic mass is 9.91. The smallest absolute Gasteiger partial charge is 0.0223 e. The van der Waals surface area contributed by atoms with Crippen LogP contribution in [0.3, 0.4) is 0 Å². The Morgan fingerprint density at radius 3 is 2.67 bits per heavy atom. The standard InChI is InChI=1S/C13H28N2/c1-5-6-13(10-14-4)15-8-7-11(2)9-12(15)3/h11-14H,5-10H2,1-4H3. The molecular formula is C13H28N2. The summed E-state index contributed by atoms with van der Waals surface area (Å²) in [5.74, 6) is 0.924. The molecule has 1 N–H and O–H groups in total. The molecule has 1 rings (SSSR count). The molecule has 1 aliphatic rings. The van der Waals surface area contributed by atoms with Crippen molar-refractivity contribution in [3.8, 4) is 0 Å². The van der Waals surface area contributed by atoms with E-state index in [1.807, 2.05) is 0 Å². The first-order valence-corrected chi connectivity index (χ1v) is 6.59. The van der Waals surface area contributed by atoms with Crippen molar-refractivity contribution in [3.63, 3.8) is 0 Å². The molecule has 0 saturated carbocycles. The highest BCUT2D eigenvalue weighted by Crippen LogP contribution is 2.25. The molecule has 2 heteroatoms. The average Bonchev–Trinajstić information content (AvgIpc) is 2.17. The Balaban J connectivity index is 2.50. The van der Waals surface area contributed by atoms with Crippen LogP contribution in [0.15, 0.2) is 0 Å². The average molecular weight is 212 g/mol. The van der Waals surface area contributed by atoms with Crippen LogP contribution in [0.5, 0.6) is 0 Å². The Hall–Kier alpha value is -0.0800. The van der Waals surface area contributed by atoms with Crippen LogP contribution in [0.2, 0.25) is 0 Å². The summed E-state index contributed by atoms with van der Waals surface area (Å²) in [6, 6.07) is 1.53. The maximum Gasteiger partial charge on any atom is 0.0223 e. The maximum absolute atomic E-state index is 3.34. The van der Waals surface area contributed by atoms with Gasteiger partial charge in [-0.15, -0.1) is 0 Å². The summed E-state index contributed by atoms with van der Waals surface area (Å²) in [5, 5.41) is 3.34. The third-order valence-electron chi connectivity index (χ3n) is 3.72. The van der Waals surface area contributed by atoms with Crippen molar-refractivity contribution < 1.29 is 0 Å². The van der Waals surface area contributed by atoms with Crippen LogP contribution in [-0.4, -0.2) is 37.1 Å². The lowest BCUT2D eigenvalue weighted by molar-refractivity contribution is 0.0771. The van der Waals surface area contributed by atoms with Gasteiger partial charge in [0.25, 0.3) is 0 Å². The predicted molar refractivity (Wildman–Crippen MR) is 67.2 cm³/mol. The van der Waals surface area contributed by atoms with Crippen LogP contribution in [0.1, 0.15) is 46.5 Å². The van der Waals surface area contributed by atoms with Gasteiger partial charge >= 0.3 is 0 Å². The first-order valence-electron chi connectivity index (χ1n) is 6.59. The van der Waals surface area contributed by atoms with Crippen molar-refractivity contribution in [1.29, 1.82) is 0 Å². The lowest BCUT2D eigenvalue weighted by Crippen LogP contribution is -2.50. The molecule has 1 fully saturated rings. The zero-order valence-corrected chi connectivity index (χ0v) is 10.9. The molecule has 3 atom stereocenters. The second-order valence-electron chi connectivity index (χ2n) is 5.22. The summed E-state index contributed by atoms with van der Waals surface area (Å²) in [7, 11) is 2.07. The van der Waals surface area contributed by atoms with E-state index < -0.39 is 0 Å². The van der Waals surface area contributed by atoms with Gasteiger partial charge in [-0.05, 0) is 45.7 Å². The molecule has 1 heterocycles. The van der Waals surface area contributed by atoms with Gasteiger partial charge in [0, 0.05) is 18.6 Å². The van der Waals surface area contributed by atoms with E-state index in [1.54, 1.807) is 0 Å². The van der Waals surface area contributed by atoms with Crippen LogP contribution >= 0.6 is 0 Å². The molecule has 15 heavy (non-hydrogen) atoms. The number of piperidine rings is 1. The molecule has 2 nitrogen and oxygen atoms in total. The van der Waals surface area contributed by atoms with Gasteiger partial charge in [-0.25, -0.2) is 0 Å². The highest BCUT2D eigenvalue weighted by molar-refractivity contribution is 4.83. The van der Waals surface area contributed by atoms with Crippen LogP contribution in [0.25, 0.3) is 0 Å². The number of likely N-dealkylation sites (N-methyl/N-ethyl adjacent to an activating group) is 1. The second kappa shape index (κ2) is 6.49. The SMILES string of the molecule is CCCC(CNC)N1CCC(C)CC1C. The van der Waals surface area contributed by atoms with E-state index >= 15 is 0 Å². The quantitative estimate of drug-likeness (QED) is 0.753. The molecule has 1 aliphatic heterocycles. The number of likely N-dealkylation sites (tertiary alicyclic amines) is 1. The molecule has 3 unspecified atom stereocenters. The molecule has 0 radical (unpaired) electrons.